The second kappa shape index (κ2) is 7.58. The molecule has 1 fully saturated rings. The van der Waals surface area contributed by atoms with Crippen LogP contribution in [0.25, 0.3) is 5.65 Å². The molecule has 0 radical (unpaired) electrons. The minimum Gasteiger partial charge on any atom is -0.328 e. The van der Waals surface area contributed by atoms with Gasteiger partial charge in [0.1, 0.15) is 5.82 Å². The highest BCUT2D eigenvalue weighted by Crippen LogP contribution is 2.39. The summed E-state index contributed by atoms with van der Waals surface area (Å²) in [5.74, 6) is -0.330. The van der Waals surface area contributed by atoms with E-state index < -0.39 is 5.54 Å². The molecule has 7 heteroatoms. The van der Waals surface area contributed by atoms with Crippen LogP contribution in [-0.2, 0) is 12.0 Å². The highest BCUT2D eigenvalue weighted by Gasteiger charge is 2.43. The molecule has 1 aliphatic heterocycles. The molecule has 1 saturated heterocycles. The first-order chi connectivity index (χ1) is 15.1. The molecule has 3 aromatic heterocycles. The minimum atomic E-state index is -0.501. The Hall–Kier alpha value is -3.61. The van der Waals surface area contributed by atoms with Crippen molar-refractivity contribution in [3.05, 3.63) is 95.5 Å². The summed E-state index contributed by atoms with van der Waals surface area (Å²) in [5.41, 5.74) is 2.97. The fourth-order valence-electron chi connectivity index (χ4n) is 4.50. The maximum Gasteiger partial charge on any atom is 0.254 e. The largest absolute Gasteiger partial charge is 0.328 e. The molecule has 0 bridgehead atoms. The number of hydrogen-bond donors (Lipinski definition) is 0. The summed E-state index contributed by atoms with van der Waals surface area (Å²) in [6.45, 7) is 2.74. The molecule has 0 spiro atoms. The Kier molecular flexibility index (Phi) is 4.73. The number of likely N-dealkylation sites (tertiary alicyclic amines) is 1. The predicted octanol–water partition coefficient (Wildman–Crippen LogP) is 4.01. The van der Waals surface area contributed by atoms with Gasteiger partial charge in [-0.3, -0.25) is 9.78 Å². The van der Waals surface area contributed by atoms with Crippen LogP contribution in [0.5, 0.6) is 0 Å². The molecule has 0 N–H and O–H groups in total. The van der Waals surface area contributed by atoms with E-state index >= 15 is 0 Å². The van der Waals surface area contributed by atoms with Crippen molar-refractivity contribution in [3.8, 4) is 0 Å². The predicted molar refractivity (Wildman–Crippen MR) is 114 cm³/mol. The zero-order valence-electron chi connectivity index (χ0n) is 17.2. The zero-order valence-corrected chi connectivity index (χ0v) is 17.2. The molecule has 1 unspecified atom stereocenters. The maximum absolute atomic E-state index is 14.1. The lowest BCUT2D eigenvalue weighted by Gasteiger charge is -2.35. The number of rotatable bonds is 4. The van der Waals surface area contributed by atoms with Crippen molar-refractivity contribution in [3.63, 3.8) is 0 Å². The minimum absolute atomic E-state index is 0.0608. The molecule has 0 aliphatic carbocycles. The average molecular weight is 415 g/mol. The average Bonchev–Trinajstić information content (AvgIpc) is 3.42. The number of aromatic nitrogens is 4. The van der Waals surface area contributed by atoms with Crippen LogP contribution in [0.4, 0.5) is 4.39 Å². The van der Waals surface area contributed by atoms with E-state index in [0.29, 0.717) is 29.8 Å². The molecular formula is C24H22FN5O. The van der Waals surface area contributed by atoms with E-state index in [-0.39, 0.29) is 11.7 Å². The van der Waals surface area contributed by atoms with Crippen molar-refractivity contribution in [2.75, 3.05) is 6.54 Å². The summed E-state index contributed by atoms with van der Waals surface area (Å²) < 4.78 is 15.9. The molecular weight excluding hydrogens is 393 g/mol. The number of benzene rings is 1. The normalized spacial score (nSPS) is 18.6. The second-order valence-corrected chi connectivity index (χ2v) is 8.07. The van der Waals surface area contributed by atoms with Crippen LogP contribution in [0.2, 0.25) is 0 Å². The van der Waals surface area contributed by atoms with Gasteiger partial charge >= 0.3 is 0 Å². The summed E-state index contributed by atoms with van der Waals surface area (Å²) >= 11 is 0. The first-order valence-electron chi connectivity index (χ1n) is 10.4. The highest BCUT2D eigenvalue weighted by molar-refractivity contribution is 5.95. The molecule has 0 saturated carbocycles. The Balaban J connectivity index is 1.47. The lowest BCUT2D eigenvalue weighted by Crippen LogP contribution is -2.44. The number of carbonyl (C=O) groups is 1. The van der Waals surface area contributed by atoms with E-state index in [1.54, 1.807) is 48.9 Å². The fraction of sp³-hybridized carbons (Fsp3) is 0.250. The lowest BCUT2D eigenvalue weighted by atomic mass is 9.93. The molecule has 4 aromatic rings. The topological polar surface area (TPSA) is 63.4 Å². The van der Waals surface area contributed by atoms with Crippen molar-refractivity contribution < 1.29 is 9.18 Å². The number of amides is 1. The van der Waals surface area contributed by atoms with Crippen molar-refractivity contribution in [1.82, 2.24) is 24.5 Å². The van der Waals surface area contributed by atoms with E-state index in [4.69, 9.17) is 0 Å². The Bertz CT molecular complexity index is 1270. The second-order valence-electron chi connectivity index (χ2n) is 8.07. The summed E-state index contributed by atoms with van der Waals surface area (Å²) in [7, 11) is 0. The molecule has 5 rings (SSSR count). The van der Waals surface area contributed by atoms with Crippen LogP contribution in [0, 0.1) is 5.82 Å². The molecule has 1 amide bonds. The van der Waals surface area contributed by atoms with Gasteiger partial charge in [-0.1, -0.05) is 18.2 Å². The zero-order chi connectivity index (χ0) is 21.4. The van der Waals surface area contributed by atoms with Crippen molar-refractivity contribution >= 4 is 11.6 Å². The van der Waals surface area contributed by atoms with Crippen LogP contribution in [0.1, 0.15) is 47.1 Å². The maximum atomic E-state index is 14.1. The third-order valence-corrected chi connectivity index (χ3v) is 6.12. The van der Waals surface area contributed by atoms with Crippen LogP contribution < -0.4 is 0 Å². The Morgan fingerprint density at radius 2 is 1.94 bits per heavy atom. The van der Waals surface area contributed by atoms with Gasteiger partial charge in [0.25, 0.3) is 5.91 Å². The molecule has 1 aromatic carbocycles. The summed E-state index contributed by atoms with van der Waals surface area (Å²) in [5, 5.41) is 4.41. The van der Waals surface area contributed by atoms with Gasteiger partial charge in [-0.2, -0.15) is 5.10 Å². The number of nitrogens with zero attached hydrogens (tertiary/aromatic N) is 5. The van der Waals surface area contributed by atoms with Gasteiger partial charge in [0.05, 0.1) is 17.4 Å². The lowest BCUT2D eigenvalue weighted by molar-refractivity contribution is 0.0608. The van der Waals surface area contributed by atoms with Crippen LogP contribution in [0.3, 0.4) is 0 Å². The van der Waals surface area contributed by atoms with Crippen molar-refractivity contribution in [1.29, 1.82) is 0 Å². The van der Waals surface area contributed by atoms with E-state index in [1.165, 1.54) is 6.07 Å². The number of pyridine rings is 1. The first kappa shape index (κ1) is 19.4. The first-order valence-corrected chi connectivity index (χ1v) is 10.4. The molecule has 1 aliphatic rings. The third kappa shape index (κ3) is 3.36. The smallest absolute Gasteiger partial charge is 0.254 e. The Labute approximate surface area is 179 Å². The Morgan fingerprint density at radius 1 is 1.10 bits per heavy atom. The molecule has 6 nitrogen and oxygen atoms in total. The van der Waals surface area contributed by atoms with Gasteiger partial charge < -0.3 is 4.90 Å². The quantitative estimate of drug-likeness (QED) is 0.505. The Morgan fingerprint density at radius 3 is 2.81 bits per heavy atom. The molecule has 1 atom stereocenters. The van der Waals surface area contributed by atoms with Gasteiger partial charge in [-0.15, -0.1) is 0 Å². The third-order valence-electron chi connectivity index (χ3n) is 6.12. The van der Waals surface area contributed by atoms with Crippen LogP contribution >= 0.6 is 0 Å². The summed E-state index contributed by atoms with van der Waals surface area (Å²) in [4.78, 5) is 24.2. The van der Waals surface area contributed by atoms with E-state index in [2.05, 4.69) is 22.0 Å². The fourth-order valence-corrected chi connectivity index (χ4v) is 4.50. The van der Waals surface area contributed by atoms with E-state index in [9.17, 15) is 9.18 Å². The summed E-state index contributed by atoms with van der Waals surface area (Å²) in [6, 6.07) is 13.9. The number of carbonyl (C=O) groups excluding carboxylic acids is 1. The van der Waals surface area contributed by atoms with Gasteiger partial charge in [0, 0.05) is 42.7 Å². The molecule has 156 valence electrons. The standard InChI is InChI=1S/C24H22FN5O/c1-24(21-8-12-27-22-9-13-28-30(21)22)10-4-14-29(24)23(31)18-7-11-26-19(16-18)15-17-5-2-3-6-20(17)25/h2-3,5-9,11-13,16H,4,10,14-15H2,1H3. The van der Waals surface area contributed by atoms with Crippen molar-refractivity contribution in [2.45, 2.75) is 31.7 Å². The van der Waals surface area contributed by atoms with E-state index in [0.717, 1.165) is 24.2 Å². The molecule has 4 heterocycles. The molecule has 31 heavy (non-hydrogen) atoms. The number of halogens is 1. The van der Waals surface area contributed by atoms with E-state index in [1.807, 2.05) is 21.5 Å². The van der Waals surface area contributed by atoms with Gasteiger partial charge in [0.15, 0.2) is 5.65 Å². The van der Waals surface area contributed by atoms with Gasteiger partial charge in [-0.25, -0.2) is 13.9 Å². The number of fused-ring (bicyclic) bond motifs is 1. The van der Waals surface area contributed by atoms with Crippen LogP contribution in [-0.4, -0.2) is 36.9 Å². The van der Waals surface area contributed by atoms with Crippen molar-refractivity contribution in [2.24, 2.45) is 0 Å². The van der Waals surface area contributed by atoms with Gasteiger partial charge in [0.2, 0.25) is 0 Å². The number of hydrogen-bond acceptors (Lipinski definition) is 4. The highest BCUT2D eigenvalue weighted by atomic mass is 19.1. The monoisotopic (exact) mass is 415 g/mol. The SMILES string of the molecule is CC1(c2ccnc3ccnn23)CCCN1C(=O)c1ccnc(Cc2ccccc2F)c1. The van der Waals surface area contributed by atoms with Gasteiger partial charge in [-0.05, 0) is 49.6 Å². The summed E-state index contributed by atoms with van der Waals surface area (Å²) in [6.07, 6.45) is 7.18. The van der Waals surface area contributed by atoms with Crippen LogP contribution in [0.15, 0.2) is 67.1 Å².